The zero-order chi connectivity index (χ0) is 32.9. The molecule has 14 heteroatoms. The maximum atomic E-state index is 12.2. The molecule has 0 atom stereocenters. The van der Waals surface area contributed by atoms with Crippen LogP contribution in [0.25, 0.3) is 11.0 Å². The molecule has 1 aliphatic rings. The summed E-state index contributed by atoms with van der Waals surface area (Å²) in [6.45, 7) is 14.0. The van der Waals surface area contributed by atoms with Crippen molar-refractivity contribution in [3.8, 4) is 5.75 Å². The number of anilines is 1. The Labute approximate surface area is 275 Å². The van der Waals surface area contributed by atoms with E-state index < -0.39 is 5.60 Å². The highest BCUT2D eigenvalue weighted by Gasteiger charge is 2.25. The minimum Gasteiger partial charge on any atom is -0.496 e. The number of nitrogen functional groups attached to an aromatic ring is 1. The van der Waals surface area contributed by atoms with Gasteiger partial charge >= 0.3 is 6.09 Å². The van der Waals surface area contributed by atoms with Crippen molar-refractivity contribution in [1.29, 1.82) is 0 Å². The normalized spacial score (nSPS) is 14.2. The summed E-state index contributed by atoms with van der Waals surface area (Å²) in [6, 6.07) is 7.87. The lowest BCUT2D eigenvalue weighted by atomic mass is 10.1. The van der Waals surface area contributed by atoms with Crippen molar-refractivity contribution in [3.05, 3.63) is 46.7 Å². The topological polar surface area (TPSA) is 136 Å². The molecule has 3 aromatic rings. The minimum atomic E-state index is -0.471. The molecule has 0 radical (unpaired) electrons. The lowest BCUT2D eigenvalue weighted by Crippen LogP contribution is -2.50. The molecule has 2 N–H and O–H groups in total. The fraction of sp³-hybridized carbons (Fsp3) is 0.594. The number of nitrogens with zero attached hydrogens (tertiary/aromatic N) is 5. The van der Waals surface area contributed by atoms with Crippen LogP contribution >= 0.6 is 11.6 Å². The van der Waals surface area contributed by atoms with E-state index in [2.05, 4.69) is 14.9 Å². The quantitative estimate of drug-likeness (QED) is 0.167. The number of fused-ring (bicyclic) bond motifs is 1. The van der Waals surface area contributed by atoms with Gasteiger partial charge in [0, 0.05) is 44.5 Å². The molecule has 0 spiro atoms. The third-order valence-corrected chi connectivity index (χ3v) is 7.50. The SMILES string of the molecule is COc1cc(COCCOCCOCCOCCN2CCN(C(=O)OC(C)(C)C)CC2)ccc1Cn1ccc2nc(N)nc(Cl)c21. The number of hydrogen-bond donors (Lipinski definition) is 1. The third kappa shape index (κ3) is 11.2. The molecule has 13 nitrogen and oxygen atoms in total. The first kappa shape index (κ1) is 35.7. The Balaban J connectivity index is 1.00. The van der Waals surface area contributed by atoms with Crippen LogP contribution in [0.5, 0.6) is 5.75 Å². The van der Waals surface area contributed by atoms with E-state index in [1.165, 1.54) is 0 Å². The van der Waals surface area contributed by atoms with Crippen molar-refractivity contribution in [1.82, 2.24) is 24.3 Å². The first-order valence-corrected chi connectivity index (χ1v) is 16.0. The summed E-state index contributed by atoms with van der Waals surface area (Å²) in [5.41, 5.74) is 8.65. The molecule has 3 heterocycles. The molecule has 1 amide bonds. The molecule has 1 fully saturated rings. The fourth-order valence-corrected chi connectivity index (χ4v) is 5.22. The molecule has 1 aliphatic heterocycles. The molecule has 0 unspecified atom stereocenters. The maximum absolute atomic E-state index is 12.2. The van der Waals surface area contributed by atoms with E-state index >= 15 is 0 Å². The van der Waals surface area contributed by atoms with Gasteiger partial charge in [0.2, 0.25) is 5.95 Å². The lowest BCUT2D eigenvalue weighted by Gasteiger charge is -2.35. The summed E-state index contributed by atoms with van der Waals surface area (Å²) in [7, 11) is 1.65. The number of piperazine rings is 1. The summed E-state index contributed by atoms with van der Waals surface area (Å²) in [6.07, 6.45) is 1.66. The smallest absolute Gasteiger partial charge is 0.410 e. The van der Waals surface area contributed by atoms with Crippen LogP contribution in [0.4, 0.5) is 10.7 Å². The maximum Gasteiger partial charge on any atom is 0.410 e. The monoisotopic (exact) mass is 662 g/mol. The standard InChI is InChI=1S/C32H47ClN6O7/c1-32(2,3)46-31(40)38-11-9-37(10-12-38)13-14-42-15-16-43-17-18-44-19-20-45-23-24-5-6-25(27(21-24)41-4)22-39-8-7-26-28(39)29(33)36-30(34)35-26/h5-8,21H,9-20,22-23H2,1-4H3,(H2,34,35,36). The molecule has 46 heavy (non-hydrogen) atoms. The average Bonchev–Trinajstić information content (AvgIpc) is 3.42. The van der Waals surface area contributed by atoms with Crippen LogP contribution in [0.2, 0.25) is 5.15 Å². The molecule has 0 bridgehead atoms. The Bertz CT molecular complexity index is 1390. The molecule has 254 valence electrons. The Hall–Kier alpha value is -3.20. The fourth-order valence-electron chi connectivity index (χ4n) is 4.93. The van der Waals surface area contributed by atoms with Gasteiger partial charge in [-0.15, -0.1) is 0 Å². The predicted octanol–water partition coefficient (Wildman–Crippen LogP) is 3.84. The first-order valence-electron chi connectivity index (χ1n) is 15.6. The van der Waals surface area contributed by atoms with Gasteiger partial charge in [0.25, 0.3) is 0 Å². The van der Waals surface area contributed by atoms with Crippen molar-refractivity contribution >= 4 is 34.7 Å². The van der Waals surface area contributed by atoms with Crippen LogP contribution in [-0.4, -0.2) is 122 Å². The van der Waals surface area contributed by atoms with Gasteiger partial charge in [0.1, 0.15) is 16.9 Å². The van der Waals surface area contributed by atoms with E-state index in [1.807, 2.05) is 55.8 Å². The van der Waals surface area contributed by atoms with Gasteiger partial charge < -0.3 is 43.6 Å². The highest BCUT2D eigenvalue weighted by molar-refractivity contribution is 6.33. The van der Waals surface area contributed by atoms with E-state index in [9.17, 15) is 4.79 Å². The number of benzene rings is 1. The number of aromatic nitrogens is 3. The highest BCUT2D eigenvalue weighted by Crippen LogP contribution is 2.27. The minimum absolute atomic E-state index is 0.148. The van der Waals surface area contributed by atoms with E-state index in [-0.39, 0.29) is 12.0 Å². The second-order valence-corrected chi connectivity index (χ2v) is 12.3. The van der Waals surface area contributed by atoms with Gasteiger partial charge in [-0.1, -0.05) is 23.7 Å². The highest BCUT2D eigenvalue weighted by atomic mass is 35.5. The molecule has 1 saturated heterocycles. The van der Waals surface area contributed by atoms with Gasteiger partial charge in [-0.2, -0.15) is 4.98 Å². The Morgan fingerprint density at radius 2 is 1.57 bits per heavy atom. The summed E-state index contributed by atoms with van der Waals surface area (Å²) < 4.78 is 35.8. The number of carbonyl (C=O) groups excluding carboxylic acids is 1. The molecule has 2 aromatic heterocycles. The molecule has 1 aromatic carbocycles. The number of ether oxygens (including phenoxy) is 6. The molecule has 0 saturated carbocycles. The van der Waals surface area contributed by atoms with Crippen LogP contribution in [0.3, 0.4) is 0 Å². The van der Waals surface area contributed by atoms with Crippen LogP contribution in [-0.2, 0) is 36.8 Å². The zero-order valence-corrected chi connectivity index (χ0v) is 28.1. The van der Waals surface area contributed by atoms with Crippen LogP contribution < -0.4 is 10.5 Å². The largest absolute Gasteiger partial charge is 0.496 e. The summed E-state index contributed by atoms with van der Waals surface area (Å²) in [4.78, 5) is 24.5. The number of hydrogen-bond acceptors (Lipinski definition) is 11. The Kier molecular flexibility index (Phi) is 13.7. The van der Waals surface area contributed by atoms with Gasteiger partial charge in [0.05, 0.1) is 72.0 Å². The second kappa shape index (κ2) is 17.6. The van der Waals surface area contributed by atoms with E-state index in [0.29, 0.717) is 83.2 Å². The van der Waals surface area contributed by atoms with E-state index in [0.717, 1.165) is 42.0 Å². The van der Waals surface area contributed by atoms with E-state index in [1.54, 1.807) is 12.0 Å². The number of nitrogens with two attached hydrogens (primary N) is 1. The van der Waals surface area contributed by atoms with Gasteiger partial charge in [-0.05, 0) is 38.5 Å². The number of rotatable bonds is 17. The van der Waals surface area contributed by atoms with Crippen molar-refractivity contribution in [3.63, 3.8) is 0 Å². The number of methoxy groups -OCH3 is 1. The summed E-state index contributed by atoms with van der Waals surface area (Å²) >= 11 is 6.32. The Morgan fingerprint density at radius 1 is 0.913 bits per heavy atom. The molecule has 4 rings (SSSR count). The van der Waals surface area contributed by atoms with Crippen molar-refractivity contribution in [2.45, 2.75) is 39.5 Å². The van der Waals surface area contributed by atoms with Crippen LogP contribution in [0.15, 0.2) is 30.5 Å². The van der Waals surface area contributed by atoms with Crippen molar-refractivity contribution in [2.75, 3.05) is 91.8 Å². The summed E-state index contributed by atoms with van der Waals surface area (Å²) in [5, 5.41) is 0.315. The number of halogens is 1. The molecular formula is C32H47ClN6O7. The Morgan fingerprint density at radius 3 is 2.22 bits per heavy atom. The van der Waals surface area contributed by atoms with E-state index in [4.69, 9.17) is 45.8 Å². The van der Waals surface area contributed by atoms with Gasteiger partial charge in [-0.25, -0.2) is 9.78 Å². The van der Waals surface area contributed by atoms with Crippen LogP contribution in [0.1, 0.15) is 31.9 Å². The van der Waals surface area contributed by atoms with Gasteiger partial charge in [-0.3, -0.25) is 4.90 Å². The zero-order valence-electron chi connectivity index (χ0n) is 27.3. The number of amides is 1. The second-order valence-electron chi connectivity index (χ2n) is 11.9. The first-order chi connectivity index (χ1) is 22.1. The third-order valence-electron chi connectivity index (χ3n) is 7.24. The van der Waals surface area contributed by atoms with Crippen molar-refractivity contribution in [2.24, 2.45) is 0 Å². The van der Waals surface area contributed by atoms with Crippen LogP contribution in [0, 0.1) is 0 Å². The van der Waals surface area contributed by atoms with Crippen molar-refractivity contribution < 1.29 is 33.2 Å². The van der Waals surface area contributed by atoms with Gasteiger partial charge in [0.15, 0.2) is 5.15 Å². The lowest BCUT2D eigenvalue weighted by molar-refractivity contribution is -0.00858. The predicted molar refractivity (Wildman–Crippen MR) is 175 cm³/mol. The summed E-state index contributed by atoms with van der Waals surface area (Å²) in [5.74, 6) is 0.903. The average molecular weight is 663 g/mol. The molecular weight excluding hydrogens is 616 g/mol. The number of carbonyl (C=O) groups is 1. The molecule has 0 aliphatic carbocycles.